The first-order valence-electron chi connectivity index (χ1n) is 11.6. The van der Waals surface area contributed by atoms with Crippen LogP contribution in [0.4, 0.5) is 11.4 Å². The third-order valence-electron chi connectivity index (χ3n) is 6.72. The number of hydrogen-bond donors (Lipinski definition) is 1. The minimum atomic E-state index is -0.480. The third-order valence-corrected chi connectivity index (χ3v) is 6.72. The van der Waals surface area contributed by atoms with E-state index in [9.17, 15) is 19.7 Å². The first-order valence-corrected chi connectivity index (χ1v) is 11.6. The number of nitro groups is 1. The van der Waals surface area contributed by atoms with Crippen LogP contribution in [0.5, 0.6) is 0 Å². The first kappa shape index (κ1) is 22.8. The van der Waals surface area contributed by atoms with Crippen LogP contribution >= 0.6 is 0 Å². The van der Waals surface area contributed by atoms with Gasteiger partial charge in [0.05, 0.1) is 10.5 Å². The van der Waals surface area contributed by atoms with Crippen LogP contribution in [0.3, 0.4) is 0 Å². The molecule has 0 aliphatic carbocycles. The fourth-order valence-corrected chi connectivity index (χ4v) is 4.58. The van der Waals surface area contributed by atoms with Crippen LogP contribution in [0.1, 0.15) is 53.3 Å². The number of rotatable bonds is 5. The van der Waals surface area contributed by atoms with E-state index in [1.807, 2.05) is 29.2 Å². The summed E-state index contributed by atoms with van der Waals surface area (Å²) in [7, 11) is 0. The van der Waals surface area contributed by atoms with Crippen LogP contribution in [0, 0.1) is 16.0 Å². The van der Waals surface area contributed by atoms with Crippen molar-refractivity contribution in [1.29, 1.82) is 0 Å². The van der Waals surface area contributed by atoms with E-state index in [4.69, 9.17) is 0 Å². The highest BCUT2D eigenvalue weighted by molar-refractivity contribution is 6.00. The highest BCUT2D eigenvalue weighted by atomic mass is 16.6. The van der Waals surface area contributed by atoms with Crippen LogP contribution in [-0.2, 0) is 0 Å². The molecule has 0 unspecified atom stereocenters. The quantitative estimate of drug-likeness (QED) is 0.551. The van der Waals surface area contributed by atoms with Gasteiger partial charge in [-0.3, -0.25) is 19.7 Å². The number of carbonyl (C=O) groups excluding carboxylic acids is 2. The Bertz CT molecular complexity index is 1010. The summed E-state index contributed by atoms with van der Waals surface area (Å²) in [5.41, 5.74) is 2.09. The molecule has 2 aliphatic rings. The van der Waals surface area contributed by atoms with E-state index in [2.05, 4.69) is 17.1 Å². The summed E-state index contributed by atoms with van der Waals surface area (Å²) in [5, 5.41) is 13.8. The van der Waals surface area contributed by atoms with E-state index < -0.39 is 4.92 Å². The van der Waals surface area contributed by atoms with Gasteiger partial charge in [-0.25, -0.2) is 0 Å². The van der Waals surface area contributed by atoms with Gasteiger partial charge in [0.1, 0.15) is 0 Å². The predicted molar refractivity (Wildman–Crippen MR) is 127 cm³/mol. The van der Waals surface area contributed by atoms with E-state index in [0.717, 1.165) is 63.1 Å². The summed E-state index contributed by atoms with van der Waals surface area (Å²) >= 11 is 0. The molecule has 2 saturated heterocycles. The van der Waals surface area contributed by atoms with Gasteiger partial charge in [-0.15, -0.1) is 0 Å². The minimum absolute atomic E-state index is 0.0235. The van der Waals surface area contributed by atoms with E-state index in [1.54, 1.807) is 0 Å². The molecule has 2 heterocycles. The molecule has 0 radical (unpaired) electrons. The maximum Gasteiger partial charge on any atom is 0.269 e. The predicted octanol–water partition coefficient (Wildman–Crippen LogP) is 3.87. The molecule has 2 fully saturated rings. The number of nitrogens with one attached hydrogen (secondary N) is 1. The Kier molecular flexibility index (Phi) is 6.91. The highest BCUT2D eigenvalue weighted by Crippen LogP contribution is 2.27. The fraction of sp³-hybridized carbons (Fsp3) is 0.440. The number of para-hydroxylation sites is 1. The van der Waals surface area contributed by atoms with Gasteiger partial charge in [0.2, 0.25) is 0 Å². The Balaban J connectivity index is 1.36. The number of carbonyl (C=O) groups is 2. The van der Waals surface area contributed by atoms with Gasteiger partial charge >= 0.3 is 0 Å². The summed E-state index contributed by atoms with van der Waals surface area (Å²) < 4.78 is 0. The van der Waals surface area contributed by atoms with E-state index >= 15 is 0 Å². The average molecular weight is 451 g/mol. The molecule has 174 valence electrons. The Morgan fingerprint density at radius 2 is 1.58 bits per heavy atom. The molecule has 33 heavy (non-hydrogen) atoms. The normalized spacial score (nSPS) is 17.6. The number of amides is 2. The van der Waals surface area contributed by atoms with Gasteiger partial charge in [-0.1, -0.05) is 19.1 Å². The molecule has 0 bridgehead atoms. The molecule has 0 atom stereocenters. The van der Waals surface area contributed by atoms with Crippen LogP contribution in [-0.4, -0.2) is 53.9 Å². The van der Waals surface area contributed by atoms with Crippen LogP contribution in [0.25, 0.3) is 0 Å². The topological polar surface area (TPSA) is 95.8 Å². The first-order chi connectivity index (χ1) is 15.9. The molecule has 0 spiro atoms. The number of likely N-dealkylation sites (tertiary alicyclic amines) is 1. The lowest BCUT2D eigenvalue weighted by Crippen LogP contribution is -2.45. The van der Waals surface area contributed by atoms with Gasteiger partial charge in [-0.2, -0.15) is 0 Å². The third kappa shape index (κ3) is 5.32. The van der Waals surface area contributed by atoms with Gasteiger partial charge in [-0.05, 0) is 55.9 Å². The van der Waals surface area contributed by atoms with Crippen molar-refractivity contribution in [2.24, 2.45) is 5.92 Å². The molecular formula is C25H30N4O4. The molecule has 4 rings (SSSR count). The van der Waals surface area contributed by atoms with Crippen LogP contribution in [0.2, 0.25) is 0 Å². The van der Waals surface area contributed by atoms with Gasteiger partial charge in [0.15, 0.2) is 0 Å². The monoisotopic (exact) mass is 450 g/mol. The fourth-order valence-electron chi connectivity index (χ4n) is 4.58. The molecule has 1 N–H and O–H groups in total. The Labute approximate surface area is 193 Å². The van der Waals surface area contributed by atoms with Crippen molar-refractivity contribution in [3.05, 3.63) is 69.8 Å². The smallest absolute Gasteiger partial charge is 0.269 e. The zero-order valence-electron chi connectivity index (χ0n) is 18.9. The number of nitrogens with zero attached hydrogens (tertiary/aromatic N) is 3. The number of benzene rings is 2. The molecular weight excluding hydrogens is 420 g/mol. The molecule has 0 saturated carbocycles. The molecule has 0 aromatic heterocycles. The van der Waals surface area contributed by atoms with Crippen molar-refractivity contribution >= 4 is 23.2 Å². The zero-order chi connectivity index (χ0) is 23.4. The summed E-state index contributed by atoms with van der Waals surface area (Å²) in [4.78, 5) is 40.3. The Morgan fingerprint density at radius 3 is 2.21 bits per heavy atom. The van der Waals surface area contributed by atoms with Crippen molar-refractivity contribution in [1.82, 2.24) is 10.2 Å². The summed E-state index contributed by atoms with van der Waals surface area (Å²) in [5.74, 6) is 0.550. The van der Waals surface area contributed by atoms with Gasteiger partial charge in [0.25, 0.3) is 17.5 Å². The second-order valence-electron chi connectivity index (χ2n) is 9.03. The number of nitro benzene ring substituents is 1. The summed E-state index contributed by atoms with van der Waals surface area (Å²) in [6.07, 6.45) is 3.63. The minimum Gasteiger partial charge on any atom is -0.371 e. The Hall–Kier alpha value is -3.42. The standard InChI is InChI=1S/C25H30N4O4/c1-18-10-14-28(15-11-18)25(31)22-4-2-3-5-23(22)27-16-12-20(13-17-27)26-24(30)19-6-8-21(9-7-19)29(32)33/h2-9,18,20H,10-17H2,1H3,(H,26,30). The van der Waals surface area contributed by atoms with Crippen molar-refractivity contribution in [3.63, 3.8) is 0 Å². The number of piperidine rings is 2. The van der Waals surface area contributed by atoms with Gasteiger partial charge < -0.3 is 15.1 Å². The van der Waals surface area contributed by atoms with Crippen LogP contribution < -0.4 is 10.2 Å². The zero-order valence-corrected chi connectivity index (χ0v) is 18.9. The van der Waals surface area contributed by atoms with Crippen molar-refractivity contribution in [2.45, 2.75) is 38.6 Å². The average Bonchev–Trinajstić information content (AvgIpc) is 2.84. The van der Waals surface area contributed by atoms with Crippen molar-refractivity contribution < 1.29 is 14.5 Å². The lowest BCUT2D eigenvalue weighted by Gasteiger charge is -2.36. The van der Waals surface area contributed by atoms with Gasteiger partial charge in [0, 0.05) is 55.6 Å². The summed E-state index contributed by atoms with van der Waals surface area (Å²) in [6, 6.07) is 13.5. The summed E-state index contributed by atoms with van der Waals surface area (Å²) in [6.45, 7) is 5.34. The van der Waals surface area contributed by atoms with E-state index in [0.29, 0.717) is 11.5 Å². The van der Waals surface area contributed by atoms with E-state index in [-0.39, 0.29) is 23.5 Å². The lowest BCUT2D eigenvalue weighted by molar-refractivity contribution is -0.384. The maximum absolute atomic E-state index is 13.2. The van der Waals surface area contributed by atoms with E-state index in [1.165, 1.54) is 24.3 Å². The van der Waals surface area contributed by atoms with Crippen LogP contribution in [0.15, 0.2) is 48.5 Å². The molecule has 2 aliphatic heterocycles. The second kappa shape index (κ2) is 10.0. The molecule has 2 amide bonds. The molecule has 2 aromatic carbocycles. The molecule has 2 aromatic rings. The Morgan fingerprint density at radius 1 is 0.939 bits per heavy atom. The lowest BCUT2D eigenvalue weighted by atomic mass is 9.98. The number of non-ortho nitro benzene ring substituents is 1. The molecule has 8 nitrogen and oxygen atoms in total. The number of hydrogen-bond acceptors (Lipinski definition) is 5. The number of anilines is 1. The SMILES string of the molecule is CC1CCN(C(=O)c2ccccc2N2CCC(NC(=O)c3ccc([N+](=O)[O-])cc3)CC2)CC1. The second-order valence-corrected chi connectivity index (χ2v) is 9.03. The molecule has 8 heteroatoms. The van der Waals surface area contributed by atoms with Crippen molar-refractivity contribution in [2.75, 3.05) is 31.1 Å². The maximum atomic E-state index is 13.2. The van der Waals surface area contributed by atoms with Crippen molar-refractivity contribution in [3.8, 4) is 0 Å². The highest BCUT2D eigenvalue weighted by Gasteiger charge is 2.27. The largest absolute Gasteiger partial charge is 0.371 e.